The van der Waals surface area contributed by atoms with Crippen molar-refractivity contribution in [2.45, 2.75) is 32.8 Å². The summed E-state index contributed by atoms with van der Waals surface area (Å²) in [5.41, 5.74) is 0.894. The molecule has 0 amide bonds. The lowest BCUT2D eigenvalue weighted by Gasteiger charge is -2.13. The van der Waals surface area contributed by atoms with Gasteiger partial charge in [-0.3, -0.25) is 0 Å². The summed E-state index contributed by atoms with van der Waals surface area (Å²) in [7, 11) is 1.63. The molecule has 0 aliphatic carbocycles. The van der Waals surface area contributed by atoms with E-state index in [0.717, 1.165) is 30.2 Å². The topological polar surface area (TPSA) is 41.5 Å². The zero-order valence-corrected chi connectivity index (χ0v) is 11.6. The third-order valence-corrected chi connectivity index (χ3v) is 2.95. The number of ether oxygens (including phenoxy) is 1. The monoisotopic (exact) mass is 251 g/mol. The molecule has 0 spiro atoms. The number of rotatable bonds is 8. The lowest BCUT2D eigenvalue weighted by Crippen LogP contribution is -2.22. The van der Waals surface area contributed by atoms with E-state index in [0.29, 0.717) is 6.54 Å². The van der Waals surface area contributed by atoms with E-state index in [1.807, 2.05) is 24.3 Å². The van der Waals surface area contributed by atoms with Crippen LogP contribution >= 0.6 is 0 Å². The van der Waals surface area contributed by atoms with Gasteiger partial charge in [0.1, 0.15) is 5.75 Å². The smallest absolute Gasteiger partial charge is 0.119 e. The maximum absolute atomic E-state index is 10.0. The summed E-state index contributed by atoms with van der Waals surface area (Å²) in [6, 6.07) is 7.58. The van der Waals surface area contributed by atoms with Gasteiger partial charge in [-0.05, 0) is 43.0 Å². The third-order valence-electron chi connectivity index (χ3n) is 2.95. The molecule has 2 N–H and O–H groups in total. The Labute approximate surface area is 110 Å². The molecule has 0 saturated heterocycles. The zero-order valence-electron chi connectivity index (χ0n) is 11.6. The molecular formula is C15H25NO2. The second-order valence-electron chi connectivity index (χ2n) is 5.03. The predicted octanol–water partition coefficient (Wildman–Crippen LogP) is 2.75. The van der Waals surface area contributed by atoms with E-state index >= 15 is 0 Å². The van der Waals surface area contributed by atoms with E-state index in [4.69, 9.17) is 4.74 Å². The Morgan fingerprint density at radius 3 is 2.78 bits per heavy atom. The minimum absolute atomic E-state index is 0.473. The van der Waals surface area contributed by atoms with Crippen LogP contribution in [-0.4, -0.2) is 25.3 Å². The van der Waals surface area contributed by atoms with Crippen molar-refractivity contribution < 1.29 is 9.84 Å². The van der Waals surface area contributed by atoms with Crippen LogP contribution < -0.4 is 10.1 Å². The molecule has 0 bridgehead atoms. The summed E-state index contributed by atoms with van der Waals surface area (Å²) in [5, 5.41) is 13.3. The lowest BCUT2D eigenvalue weighted by atomic mass is 10.1. The minimum Gasteiger partial charge on any atom is -0.497 e. The average Bonchev–Trinajstić information content (AvgIpc) is 2.37. The van der Waals surface area contributed by atoms with Gasteiger partial charge < -0.3 is 15.2 Å². The average molecular weight is 251 g/mol. The molecule has 0 radical (unpaired) electrons. The maximum atomic E-state index is 10.0. The van der Waals surface area contributed by atoms with Crippen molar-refractivity contribution in [1.82, 2.24) is 5.32 Å². The van der Waals surface area contributed by atoms with Gasteiger partial charge in [-0.15, -0.1) is 0 Å². The number of hydrogen-bond donors (Lipinski definition) is 2. The molecule has 1 aromatic carbocycles. The Balaban J connectivity index is 2.29. The molecule has 0 aliphatic rings. The first kappa shape index (κ1) is 15.0. The molecule has 0 aliphatic heterocycles. The number of hydrogen-bond acceptors (Lipinski definition) is 3. The van der Waals surface area contributed by atoms with Gasteiger partial charge in [-0.1, -0.05) is 26.0 Å². The summed E-state index contributed by atoms with van der Waals surface area (Å²) in [5.74, 6) is 1.53. The first-order valence-corrected chi connectivity index (χ1v) is 6.66. The van der Waals surface area contributed by atoms with E-state index in [2.05, 4.69) is 19.2 Å². The number of methoxy groups -OCH3 is 1. The van der Waals surface area contributed by atoms with Crippen molar-refractivity contribution in [2.24, 2.45) is 5.92 Å². The fraction of sp³-hybridized carbons (Fsp3) is 0.600. The van der Waals surface area contributed by atoms with Crippen LogP contribution in [0.2, 0.25) is 0 Å². The lowest BCUT2D eigenvalue weighted by molar-refractivity contribution is 0.174. The molecule has 1 aromatic rings. The Morgan fingerprint density at radius 1 is 1.33 bits per heavy atom. The predicted molar refractivity (Wildman–Crippen MR) is 74.9 cm³/mol. The van der Waals surface area contributed by atoms with Crippen LogP contribution in [0, 0.1) is 5.92 Å². The fourth-order valence-corrected chi connectivity index (χ4v) is 1.84. The molecule has 18 heavy (non-hydrogen) atoms. The zero-order chi connectivity index (χ0) is 13.4. The fourth-order valence-electron chi connectivity index (χ4n) is 1.84. The highest BCUT2D eigenvalue weighted by atomic mass is 16.5. The van der Waals surface area contributed by atoms with Crippen LogP contribution in [-0.2, 0) is 0 Å². The SMILES string of the molecule is COc1cccc(C(O)CNCCCC(C)C)c1. The van der Waals surface area contributed by atoms with Crippen LogP contribution in [0.3, 0.4) is 0 Å². The summed E-state index contributed by atoms with van der Waals surface area (Å²) >= 11 is 0. The van der Waals surface area contributed by atoms with E-state index in [1.165, 1.54) is 6.42 Å². The molecule has 1 atom stereocenters. The molecular weight excluding hydrogens is 226 g/mol. The summed E-state index contributed by atoms with van der Waals surface area (Å²) in [6.45, 7) is 6.00. The highest BCUT2D eigenvalue weighted by molar-refractivity contribution is 5.29. The Hall–Kier alpha value is -1.06. The third kappa shape index (κ3) is 5.52. The maximum Gasteiger partial charge on any atom is 0.119 e. The van der Waals surface area contributed by atoms with E-state index in [-0.39, 0.29) is 0 Å². The molecule has 0 heterocycles. The number of benzene rings is 1. The summed E-state index contributed by atoms with van der Waals surface area (Å²) in [6.07, 6.45) is 1.91. The van der Waals surface area contributed by atoms with Crippen molar-refractivity contribution >= 4 is 0 Å². The van der Waals surface area contributed by atoms with Gasteiger partial charge in [0, 0.05) is 6.54 Å². The second kappa shape index (κ2) is 8.11. The Morgan fingerprint density at radius 2 is 2.11 bits per heavy atom. The van der Waals surface area contributed by atoms with Gasteiger partial charge in [-0.2, -0.15) is 0 Å². The van der Waals surface area contributed by atoms with Crippen molar-refractivity contribution in [3.8, 4) is 5.75 Å². The second-order valence-corrected chi connectivity index (χ2v) is 5.03. The van der Waals surface area contributed by atoms with Gasteiger partial charge in [0.05, 0.1) is 13.2 Å². The number of aliphatic hydroxyl groups excluding tert-OH is 1. The van der Waals surface area contributed by atoms with Gasteiger partial charge in [-0.25, -0.2) is 0 Å². The first-order chi connectivity index (χ1) is 8.63. The van der Waals surface area contributed by atoms with Gasteiger partial charge in [0.15, 0.2) is 0 Å². The van der Waals surface area contributed by atoms with Crippen LogP contribution in [0.25, 0.3) is 0 Å². The Bertz CT molecular complexity index is 339. The molecule has 3 nitrogen and oxygen atoms in total. The van der Waals surface area contributed by atoms with Gasteiger partial charge in [0.2, 0.25) is 0 Å². The van der Waals surface area contributed by atoms with Crippen LogP contribution in [0.1, 0.15) is 38.4 Å². The normalized spacial score (nSPS) is 12.7. The Kier molecular flexibility index (Phi) is 6.76. The van der Waals surface area contributed by atoms with Crippen molar-refractivity contribution in [3.05, 3.63) is 29.8 Å². The van der Waals surface area contributed by atoms with Crippen molar-refractivity contribution in [3.63, 3.8) is 0 Å². The quantitative estimate of drug-likeness (QED) is 0.698. The summed E-state index contributed by atoms with van der Waals surface area (Å²) < 4.78 is 5.14. The molecule has 0 aromatic heterocycles. The standard InChI is InChI=1S/C15H25NO2/c1-12(2)6-5-9-16-11-15(17)13-7-4-8-14(10-13)18-3/h4,7-8,10,12,15-17H,5-6,9,11H2,1-3H3. The van der Waals surface area contributed by atoms with Gasteiger partial charge >= 0.3 is 0 Å². The van der Waals surface area contributed by atoms with E-state index in [1.54, 1.807) is 7.11 Å². The van der Waals surface area contributed by atoms with Crippen molar-refractivity contribution in [1.29, 1.82) is 0 Å². The van der Waals surface area contributed by atoms with E-state index < -0.39 is 6.10 Å². The molecule has 3 heteroatoms. The largest absolute Gasteiger partial charge is 0.497 e. The molecule has 1 rings (SSSR count). The molecule has 0 fully saturated rings. The minimum atomic E-state index is -0.473. The number of aliphatic hydroxyl groups is 1. The van der Waals surface area contributed by atoms with Gasteiger partial charge in [0.25, 0.3) is 0 Å². The van der Waals surface area contributed by atoms with Crippen molar-refractivity contribution in [2.75, 3.05) is 20.2 Å². The van der Waals surface area contributed by atoms with Crippen LogP contribution in [0.15, 0.2) is 24.3 Å². The molecule has 1 unspecified atom stereocenters. The highest BCUT2D eigenvalue weighted by Crippen LogP contribution is 2.18. The molecule has 0 saturated carbocycles. The number of nitrogens with one attached hydrogen (secondary N) is 1. The van der Waals surface area contributed by atoms with Crippen LogP contribution in [0.5, 0.6) is 5.75 Å². The first-order valence-electron chi connectivity index (χ1n) is 6.66. The van der Waals surface area contributed by atoms with E-state index in [9.17, 15) is 5.11 Å². The summed E-state index contributed by atoms with van der Waals surface area (Å²) in [4.78, 5) is 0. The van der Waals surface area contributed by atoms with Crippen LogP contribution in [0.4, 0.5) is 0 Å². The molecule has 102 valence electrons. The highest BCUT2D eigenvalue weighted by Gasteiger charge is 2.07.